The Bertz CT molecular complexity index is 921. The van der Waals surface area contributed by atoms with E-state index in [1.807, 2.05) is 31.2 Å². The molecule has 31 heavy (non-hydrogen) atoms. The number of halogens is 1. The molecule has 1 unspecified atom stereocenters. The number of benzene rings is 2. The molecule has 2 amide bonds. The number of nitrogens with one attached hydrogen (secondary N) is 1. The maximum atomic E-state index is 12.8. The fourth-order valence-electron chi connectivity index (χ4n) is 3.43. The lowest BCUT2D eigenvalue weighted by molar-refractivity contribution is -0.122. The minimum absolute atomic E-state index is 0.127. The molecule has 7 nitrogen and oxygen atoms in total. The third-order valence-corrected chi connectivity index (χ3v) is 5.20. The molecule has 1 aliphatic heterocycles. The molecule has 166 valence electrons. The van der Waals surface area contributed by atoms with E-state index in [0.29, 0.717) is 48.6 Å². The molecule has 0 saturated carbocycles. The lowest BCUT2D eigenvalue weighted by atomic mass is 10.1. The first-order chi connectivity index (χ1) is 15.0. The zero-order chi connectivity index (χ0) is 22.2. The number of carbonyl (C=O) groups excluding carboxylic acids is 2. The largest absolute Gasteiger partial charge is 0.495 e. The van der Waals surface area contributed by atoms with Crippen LogP contribution in [0.3, 0.4) is 0 Å². The van der Waals surface area contributed by atoms with E-state index in [2.05, 4.69) is 5.32 Å². The van der Waals surface area contributed by atoms with Crippen molar-refractivity contribution in [1.82, 2.24) is 0 Å². The van der Waals surface area contributed by atoms with E-state index in [4.69, 9.17) is 25.8 Å². The summed E-state index contributed by atoms with van der Waals surface area (Å²) in [5.74, 6) is -0.276. The summed E-state index contributed by atoms with van der Waals surface area (Å²) in [7, 11) is 1.53. The van der Waals surface area contributed by atoms with Gasteiger partial charge in [-0.2, -0.15) is 0 Å². The van der Waals surface area contributed by atoms with Crippen LogP contribution in [0.15, 0.2) is 42.5 Å². The van der Waals surface area contributed by atoms with Crippen molar-refractivity contribution in [1.29, 1.82) is 0 Å². The highest BCUT2D eigenvalue weighted by atomic mass is 35.5. The first kappa shape index (κ1) is 23.1. The summed E-state index contributed by atoms with van der Waals surface area (Å²) < 4.78 is 16.2. The van der Waals surface area contributed by atoms with Crippen LogP contribution in [0.5, 0.6) is 5.75 Å². The first-order valence-electron chi connectivity index (χ1n) is 10.2. The number of methoxy groups -OCH3 is 1. The lowest BCUT2D eigenvalue weighted by Crippen LogP contribution is -2.28. The minimum atomic E-state index is -0.470. The Morgan fingerprint density at radius 2 is 2.00 bits per heavy atom. The van der Waals surface area contributed by atoms with Gasteiger partial charge in [0.05, 0.1) is 38.5 Å². The van der Waals surface area contributed by atoms with E-state index < -0.39 is 5.92 Å². The van der Waals surface area contributed by atoms with Crippen LogP contribution in [0.1, 0.15) is 18.9 Å². The molecule has 1 atom stereocenters. The van der Waals surface area contributed by atoms with Crippen molar-refractivity contribution in [2.24, 2.45) is 5.92 Å². The van der Waals surface area contributed by atoms with Crippen molar-refractivity contribution in [3.8, 4) is 5.75 Å². The Balaban J connectivity index is 1.60. The van der Waals surface area contributed by atoms with Crippen LogP contribution in [0, 0.1) is 5.92 Å². The van der Waals surface area contributed by atoms with Gasteiger partial charge in [0.2, 0.25) is 11.8 Å². The maximum Gasteiger partial charge on any atom is 0.229 e. The van der Waals surface area contributed by atoms with Gasteiger partial charge in [-0.15, -0.1) is 0 Å². The highest BCUT2D eigenvalue weighted by molar-refractivity contribution is 6.31. The summed E-state index contributed by atoms with van der Waals surface area (Å²) in [6.07, 6.45) is 0.127. The number of hydrogen-bond donors (Lipinski definition) is 1. The topological polar surface area (TPSA) is 77.1 Å². The Morgan fingerprint density at radius 3 is 2.77 bits per heavy atom. The van der Waals surface area contributed by atoms with Crippen molar-refractivity contribution < 1.29 is 23.8 Å². The predicted octanol–water partition coefficient (Wildman–Crippen LogP) is 3.89. The van der Waals surface area contributed by atoms with E-state index in [9.17, 15) is 9.59 Å². The summed E-state index contributed by atoms with van der Waals surface area (Å²) in [6.45, 7) is 4.36. The number of carbonyl (C=O) groups is 2. The van der Waals surface area contributed by atoms with Gasteiger partial charge in [-0.3, -0.25) is 9.59 Å². The van der Waals surface area contributed by atoms with Gasteiger partial charge in [0.15, 0.2) is 0 Å². The summed E-state index contributed by atoms with van der Waals surface area (Å²) in [5, 5.41) is 3.41. The zero-order valence-corrected chi connectivity index (χ0v) is 18.5. The fourth-order valence-corrected chi connectivity index (χ4v) is 3.59. The van der Waals surface area contributed by atoms with E-state index >= 15 is 0 Å². The van der Waals surface area contributed by atoms with Gasteiger partial charge in [-0.25, -0.2) is 0 Å². The van der Waals surface area contributed by atoms with Crippen LogP contribution in [0.2, 0.25) is 5.02 Å². The van der Waals surface area contributed by atoms with Crippen LogP contribution in [0.25, 0.3) is 0 Å². The fraction of sp³-hybridized carbons (Fsp3) is 0.391. The molecule has 1 N–H and O–H groups in total. The van der Waals surface area contributed by atoms with Gasteiger partial charge in [-0.1, -0.05) is 23.7 Å². The van der Waals surface area contributed by atoms with Crippen molar-refractivity contribution in [2.75, 3.05) is 43.7 Å². The van der Waals surface area contributed by atoms with Gasteiger partial charge >= 0.3 is 0 Å². The van der Waals surface area contributed by atoms with E-state index in [0.717, 1.165) is 5.56 Å². The number of hydrogen-bond acceptors (Lipinski definition) is 5. The van der Waals surface area contributed by atoms with Crippen LogP contribution < -0.4 is 15.0 Å². The van der Waals surface area contributed by atoms with Crippen LogP contribution >= 0.6 is 11.6 Å². The van der Waals surface area contributed by atoms with Crippen molar-refractivity contribution >= 4 is 34.8 Å². The number of ether oxygens (including phenoxy) is 3. The quantitative estimate of drug-likeness (QED) is 0.560. The summed E-state index contributed by atoms with van der Waals surface area (Å²) in [4.78, 5) is 26.9. The molecule has 1 heterocycles. The van der Waals surface area contributed by atoms with Crippen molar-refractivity contribution in [3.05, 3.63) is 53.1 Å². The number of anilines is 2. The molecule has 0 bridgehead atoms. The third kappa shape index (κ3) is 6.19. The minimum Gasteiger partial charge on any atom is -0.495 e. The molecule has 2 aromatic rings. The second-order valence-electron chi connectivity index (χ2n) is 7.16. The molecular formula is C23H27ClN2O5. The average Bonchev–Trinajstić information content (AvgIpc) is 3.15. The van der Waals surface area contributed by atoms with Gasteiger partial charge in [0.1, 0.15) is 5.75 Å². The van der Waals surface area contributed by atoms with Crippen molar-refractivity contribution in [2.45, 2.75) is 20.0 Å². The predicted molar refractivity (Wildman–Crippen MR) is 120 cm³/mol. The molecular weight excluding hydrogens is 420 g/mol. The van der Waals surface area contributed by atoms with Crippen LogP contribution in [0.4, 0.5) is 11.4 Å². The highest BCUT2D eigenvalue weighted by Gasteiger charge is 2.36. The third-order valence-electron chi connectivity index (χ3n) is 4.97. The second-order valence-corrected chi connectivity index (χ2v) is 7.60. The van der Waals surface area contributed by atoms with Gasteiger partial charge in [-0.05, 0) is 42.8 Å². The Morgan fingerprint density at radius 1 is 1.19 bits per heavy atom. The average molecular weight is 447 g/mol. The Hall–Kier alpha value is -2.61. The second kappa shape index (κ2) is 11.1. The summed E-state index contributed by atoms with van der Waals surface area (Å²) in [5.41, 5.74) is 2.19. The molecule has 3 rings (SSSR count). The highest BCUT2D eigenvalue weighted by Crippen LogP contribution is 2.35. The zero-order valence-electron chi connectivity index (χ0n) is 17.7. The SMILES string of the molecule is CCOCCOCc1cccc(NC(=O)C2CC(=O)N(c3cc(Cl)ccc3OC)C2)c1. The molecule has 2 aromatic carbocycles. The summed E-state index contributed by atoms with van der Waals surface area (Å²) in [6, 6.07) is 12.6. The monoisotopic (exact) mass is 446 g/mol. The van der Waals surface area contributed by atoms with E-state index in [1.165, 1.54) is 7.11 Å². The van der Waals surface area contributed by atoms with Gasteiger partial charge in [0.25, 0.3) is 0 Å². The van der Waals surface area contributed by atoms with Crippen molar-refractivity contribution in [3.63, 3.8) is 0 Å². The maximum absolute atomic E-state index is 12.8. The first-order valence-corrected chi connectivity index (χ1v) is 10.6. The molecule has 1 saturated heterocycles. The molecule has 1 aliphatic rings. The number of amides is 2. The molecule has 8 heteroatoms. The number of nitrogens with zero attached hydrogens (tertiary/aromatic N) is 1. The van der Waals surface area contributed by atoms with E-state index in [1.54, 1.807) is 23.1 Å². The van der Waals surface area contributed by atoms with Gasteiger partial charge in [0, 0.05) is 30.3 Å². The lowest BCUT2D eigenvalue weighted by Gasteiger charge is -2.20. The van der Waals surface area contributed by atoms with Crippen LogP contribution in [-0.2, 0) is 25.7 Å². The van der Waals surface area contributed by atoms with Crippen LogP contribution in [-0.4, -0.2) is 45.3 Å². The number of rotatable bonds is 10. The molecule has 0 radical (unpaired) electrons. The molecule has 1 fully saturated rings. The summed E-state index contributed by atoms with van der Waals surface area (Å²) >= 11 is 6.09. The molecule has 0 aliphatic carbocycles. The Kier molecular flexibility index (Phi) is 8.28. The standard InChI is InChI=1S/C23H27ClN2O5/c1-3-30-9-10-31-15-16-5-4-6-19(11-16)25-23(28)17-12-22(27)26(14-17)20-13-18(24)7-8-21(20)29-2/h4-8,11,13,17H,3,9-10,12,14-15H2,1-2H3,(H,25,28). The molecule has 0 aromatic heterocycles. The normalized spacial score (nSPS) is 15.9. The molecule has 0 spiro atoms. The smallest absolute Gasteiger partial charge is 0.229 e. The van der Waals surface area contributed by atoms with E-state index in [-0.39, 0.29) is 24.8 Å². The Labute approximate surface area is 187 Å². The van der Waals surface area contributed by atoms with Gasteiger partial charge < -0.3 is 24.4 Å².